The predicted octanol–water partition coefficient (Wildman–Crippen LogP) is 0.937. The van der Waals surface area contributed by atoms with Crippen molar-refractivity contribution >= 4 is 37.8 Å². The average Bonchev–Trinajstić information content (AvgIpc) is 2.51. The molecular formula is C8H6N2SSe. The van der Waals surface area contributed by atoms with Crippen molar-refractivity contribution in [3.63, 3.8) is 0 Å². The summed E-state index contributed by atoms with van der Waals surface area (Å²) in [4.78, 5) is 2.24. The molecule has 0 atom stereocenters. The number of nitrogens with two attached hydrogens (primary N) is 1. The maximum atomic E-state index is 8.63. The van der Waals surface area contributed by atoms with Gasteiger partial charge in [-0.15, -0.1) is 0 Å². The van der Waals surface area contributed by atoms with Gasteiger partial charge in [-0.1, -0.05) is 0 Å². The van der Waals surface area contributed by atoms with Gasteiger partial charge < -0.3 is 0 Å². The first kappa shape index (κ1) is 9.21. The van der Waals surface area contributed by atoms with Crippen molar-refractivity contribution in [2.24, 2.45) is 5.73 Å². The summed E-state index contributed by atoms with van der Waals surface area (Å²) in [6.45, 7) is 0. The zero-order chi connectivity index (χ0) is 8.97. The van der Waals surface area contributed by atoms with Crippen LogP contribution in [-0.2, 0) is 0 Å². The molecule has 0 aliphatic carbocycles. The summed E-state index contributed by atoms with van der Waals surface area (Å²) in [5, 5.41) is 8.63. The average molecular weight is 241 g/mol. The zero-order valence-electron chi connectivity index (χ0n) is 6.15. The Labute approximate surface area is 82.1 Å². The van der Waals surface area contributed by atoms with Gasteiger partial charge in [-0.2, -0.15) is 0 Å². The van der Waals surface area contributed by atoms with E-state index in [2.05, 4.69) is 4.94 Å². The van der Waals surface area contributed by atoms with Gasteiger partial charge in [-0.05, 0) is 0 Å². The van der Waals surface area contributed by atoms with Crippen LogP contribution < -0.4 is 5.73 Å². The molecule has 1 heterocycles. The first-order valence-electron chi connectivity index (χ1n) is 3.19. The molecule has 0 saturated carbocycles. The number of rotatable bonds is 2. The molecule has 1 rings (SSSR count). The molecule has 12 heavy (non-hydrogen) atoms. The van der Waals surface area contributed by atoms with E-state index in [1.54, 1.807) is 6.08 Å². The van der Waals surface area contributed by atoms with Gasteiger partial charge >= 0.3 is 81.9 Å². The second kappa shape index (κ2) is 4.22. The van der Waals surface area contributed by atoms with E-state index in [1.165, 1.54) is 0 Å². The Bertz CT molecular complexity index is 346. The molecule has 0 amide bonds. The molecule has 2 N–H and O–H groups in total. The molecule has 1 aromatic rings. The molecule has 0 fully saturated rings. The Morgan fingerprint density at radius 2 is 2.50 bits per heavy atom. The summed E-state index contributed by atoms with van der Waals surface area (Å²) in [6.07, 6.45) is 1.75. The molecule has 0 bridgehead atoms. The monoisotopic (exact) mass is 242 g/mol. The molecule has 4 heteroatoms. The molecule has 2 nitrogen and oxygen atoms in total. The zero-order valence-corrected chi connectivity index (χ0v) is 8.68. The summed E-state index contributed by atoms with van der Waals surface area (Å²) >= 11 is 5.04. The van der Waals surface area contributed by atoms with Gasteiger partial charge in [0.05, 0.1) is 0 Å². The van der Waals surface area contributed by atoms with Crippen molar-refractivity contribution in [3.05, 3.63) is 27.1 Å². The van der Waals surface area contributed by atoms with Crippen molar-refractivity contribution < 1.29 is 0 Å². The molecular weight excluding hydrogens is 235 g/mol. The van der Waals surface area contributed by atoms with Gasteiger partial charge in [0.15, 0.2) is 0 Å². The van der Waals surface area contributed by atoms with Crippen LogP contribution in [0.1, 0.15) is 4.44 Å². The van der Waals surface area contributed by atoms with Crippen LogP contribution in [-0.4, -0.2) is 19.5 Å². The molecule has 0 radical (unpaired) electrons. The van der Waals surface area contributed by atoms with Crippen molar-refractivity contribution in [3.8, 4) is 6.07 Å². The summed E-state index contributed by atoms with van der Waals surface area (Å²) in [5.74, 6) is 0. The topological polar surface area (TPSA) is 49.8 Å². The van der Waals surface area contributed by atoms with Crippen molar-refractivity contribution in [2.75, 3.05) is 0 Å². The van der Waals surface area contributed by atoms with Crippen molar-refractivity contribution in [1.82, 2.24) is 0 Å². The number of hydrogen-bond acceptors (Lipinski definition) is 2. The van der Waals surface area contributed by atoms with Crippen LogP contribution in [0.25, 0.3) is 6.08 Å². The second-order valence-electron chi connectivity index (χ2n) is 2.05. The Morgan fingerprint density at radius 3 is 2.92 bits per heavy atom. The van der Waals surface area contributed by atoms with Crippen LogP contribution in [0, 0.1) is 11.3 Å². The van der Waals surface area contributed by atoms with Gasteiger partial charge in [0.25, 0.3) is 0 Å². The third kappa shape index (κ3) is 2.31. The van der Waals surface area contributed by atoms with Gasteiger partial charge in [0.2, 0.25) is 0 Å². The fraction of sp³-hybridized carbons (Fsp3) is 0. The van der Waals surface area contributed by atoms with E-state index in [-0.39, 0.29) is 4.99 Å². The minimum atomic E-state index is 0.168. The van der Waals surface area contributed by atoms with Crippen LogP contribution in [0.4, 0.5) is 0 Å². The number of nitriles is 1. The molecule has 0 aromatic carbocycles. The van der Waals surface area contributed by atoms with Crippen molar-refractivity contribution in [1.29, 1.82) is 5.26 Å². The van der Waals surface area contributed by atoms with E-state index in [0.29, 0.717) is 20.1 Å². The van der Waals surface area contributed by atoms with Crippen LogP contribution in [0.5, 0.6) is 0 Å². The molecule has 0 aliphatic rings. The fourth-order valence-corrected chi connectivity index (χ4v) is 2.16. The Morgan fingerprint density at radius 1 is 1.75 bits per heavy atom. The van der Waals surface area contributed by atoms with Crippen LogP contribution >= 0.6 is 12.2 Å². The minimum absolute atomic E-state index is 0.168. The van der Waals surface area contributed by atoms with Gasteiger partial charge in [0, 0.05) is 0 Å². The standard InChI is InChI=1S/C8H6N2SSe/c9-5-6(8(10)11)4-7-2-1-3-12-7/h1-4H,(H2,10,11)/b6-4-. The molecule has 1 aromatic heterocycles. The molecule has 0 saturated heterocycles. The fourth-order valence-electron chi connectivity index (χ4n) is 0.674. The third-order valence-corrected chi connectivity index (χ3v) is 3.15. The quantitative estimate of drug-likeness (QED) is 0.363. The first-order valence-corrected chi connectivity index (χ1v) is 5.44. The molecule has 0 unspecified atom stereocenters. The molecule has 0 spiro atoms. The predicted molar refractivity (Wildman–Crippen MR) is 53.8 cm³/mol. The van der Waals surface area contributed by atoms with Gasteiger partial charge in [-0.25, -0.2) is 0 Å². The van der Waals surface area contributed by atoms with E-state index in [9.17, 15) is 0 Å². The Hall–Kier alpha value is -0.881. The first-order chi connectivity index (χ1) is 5.74. The number of hydrogen-bond donors (Lipinski definition) is 1. The van der Waals surface area contributed by atoms with Crippen LogP contribution in [0.3, 0.4) is 0 Å². The number of thiocarbonyl (C=S) groups is 1. The van der Waals surface area contributed by atoms with E-state index in [4.69, 9.17) is 23.2 Å². The van der Waals surface area contributed by atoms with E-state index in [1.807, 2.05) is 18.2 Å². The summed E-state index contributed by atoms with van der Waals surface area (Å²) in [5.41, 5.74) is 5.72. The summed E-state index contributed by atoms with van der Waals surface area (Å²) in [7, 11) is 0. The Kier molecular flexibility index (Phi) is 3.24. The second-order valence-corrected chi connectivity index (χ2v) is 4.54. The van der Waals surface area contributed by atoms with Gasteiger partial charge in [0.1, 0.15) is 0 Å². The summed E-state index contributed by atoms with van der Waals surface area (Å²) < 4.78 is 1.13. The number of nitrogens with zero attached hydrogens (tertiary/aromatic N) is 1. The van der Waals surface area contributed by atoms with Gasteiger partial charge in [-0.3, -0.25) is 0 Å². The Balaban J connectivity index is 2.95. The normalized spacial score (nSPS) is 10.8. The van der Waals surface area contributed by atoms with Crippen LogP contribution in [0.15, 0.2) is 22.6 Å². The third-order valence-electron chi connectivity index (χ3n) is 1.22. The molecule has 60 valence electrons. The van der Waals surface area contributed by atoms with E-state index in [0.717, 1.165) is 4.44 Å². The molecule has 0 aliphatic heterocycles. The summed E-state index contributed by atoms with van der Waals surface area (Å²) in [6, 6.07) is 5.91. The van der Waals surface area contributed by atoms with Crippen molar-refractivity contribution in [2.45, 2.75) is 0 Å². The van der Waals surface area contributed by atoms with E-state index >= 15 is 0 Å². The maximum absolute atomic E-state index is 8.63. The van der Waals surface area contributed by atoms with Crippen LogP contribution in [0.2, 0.25) is 0 Å². The SMILES string of the molecule is N#C/C(=C/c1ccc[se]1)C(N)=S. The van der Waals surface area contributed by atoms with E-state index < -0.39 is 0 Å².